The van der Waals surface area contributed by atoms with Crippen molar-refractivity contribution in [1.29, 1.82) is 0 Å². The van der Waals surface area contributed by atoms with Gasteiger partial charge >= 0.3 is 0 Å². The molecule has 0 aliphatic carbocycles. The van der Waals surface area contributed by atoms with Gasteiger partial charge in [0.05, 0.1) is 18.7 Å². The summed E-state index contributed by atoms with van der Waals surface area (Å²) in [5.41, 5.74) is 2.13. The van der Waals surface area contributed by atoms with Crippen LogP contribution in [0.5, 0.6) is 0 Å². The van der Waals surface area contributed by atoms with E-state index in [2.05, 4.69) is 10.3 Å². The number of nitrogens with one attached hydrogen (secondary N) is 1. The lowest BCUT2D eigenvalue weighted by molar-refractivity contribution is 0.0695. The first-order valence-electron chi connectivity index (χ1n) is 7.12. The number of benzene rings is 1. The zero-order valence-corrected chi connectivity index (χ0v) is 13.0. The highest BCUT2D eigenvalue weighted by atomic mass is 35.5. The van der Waals surface area contributed by atoms with E-state index in [1.807, 2.05) is 24.3 Å². The highest BCUT2D eigenvalue weighted by Crippen LogP contribution is 2.24. The Kier molecular flexibility index (Phi) is 6.89. The summed E-state index contributed by atoms with van der Waals surface area (Å²) < 4.78 is 10.3. The van der Waals surface area contributed by atoms with Crippen LogP contribution >= 0.6 is 11.6 Å². The summed E-state index contributed by atoms with van der Waals surface area (Å²) in [6.45, 7) is 3.74. The molecular formula is C16H21ClN2O2. The summed E-state index contributed by atoms with van der Waals surface area (Å²) in [5, 5.41) is 5.16. The smallest absolute Gasteiger partial charge is 0.0761 e. The molecule has 5 heteroatoms. The normalized spacial score (nSPS) is 11.1. The predicted octanol–water partition coefficient (Wildman–Crippen LogP) is 3.03. The van der Waals surface area contributed by atoms with Gasteiger partial charge in [-0.1, -0.05) is 17.7 Å². The van der Waals surface area contributed by atoms with Crippen molar-refractivity contribution >= 4 is 22.5 Å². The maximum Gasteiger partial charge on any atom is 0.0761 e. The molecule has 0 saturated heterocycles. The van der Waals surface area contributed by atoms with Crippen molar-refractivity contribution < 1.29 is 9.47 Å². The Morgan fingerprint density at radius 2 is 2.10 bits per heavy atom. The first-order valence-corrected chi connectivity index (χ1v) is 7.50. The van der Waals surface area contributed by atoms with Crippen LogP contribution in [-0.4, -0.2) is 38.5 Å². The van der Waals surface area contributed by atoms with E-state index in [0.717, 1.165) is 47.6 Å². The third-order valence-electron chi connectivity index (χ3n) is 3.19. The molecule has 0 spiro atoms. The molecule has 0 aliphatic heterocycles. The highest BCUT2D eigenvalue weighted by Gasteiger charge is 2.05. The number of methoxy groups -OCH3 is 1. The fourth-order valence-corrected chi connectivity index (χ4v) is 2.32. The number of pyridine rings is 1. The van der Waals surface area contributed by atoms with E-state index in [4.69, 9.17) is 21.1 Å². The minimum atomic E-state index is 0.649. The van der Waals surface area contributed by atoms with Crippen LogP contribution in [-0.2, 0) is 16.0 Å². The zero-order valence-electron chi connectivity index (χ0n) is 12.3. The number of hydrogen-bond donors (Lipinski definition) is 1. The van der Waals surface area contributed by atoms with Gasteiger partial charge in [0.25, 0.3) is 0 Å². The van der Waals surface area contributed by atoms with Gasteiger partial charge < -0.3 is 14.8 Å². The van der Waals surface area contributed by atoms with Crippen LogP contribution in [0.15, 0.2) is 30.5 Å². The fourth-order valence-electron chi connectivity index (χ4n) is 2.11. The first kappa shape index (κ1) is 16.2. The maximum absolute atomic E-state index is 6.19. The van der Waals surface area contributed by atoms with Gasteiger partial charge in [0, 0.05) is 36.9 Å². The monoisotopic (exact) mass is 308 g/mol. The van der Waals surface area contributed by atoms with Crippen molar-refractivity contribution in [2.45, 2.75) is 13.0 Å². The van der Waals surface area contributed by atoms with E-state index in [-0.39, 0.29) is 0 Å². The molecule has 0 aliphatic rings. The molecule has 0 atom stereocenters. The molecule has 0 amide bonds. The van der Waals surface area contributed by atoms with E-state index < -0.39 is 0 Å². The molecule has 0 fully saturated rings. The molecule has 0 saturated carbocycles. The number of rotatable bonds is 9. The van der Waals surface area contributed by atoms with Gasteiger partial charge in [-0.25, -0.2) is 0 Å². The van der Waals surface area contributed by atoms with Gasteiger partial charge in [-0.15, -0.1) is 0 Å². The molecule has 1 aromatic carbocycles. The molecule has 4 nitrogen and oxygen atoms in total. The molecule has 0 bridgehead atoms. The van der Waals surface area contributed by atoms with Gasteiger partial charge in [-0.3, -0.25) is 4.98 Å². The SMILES string of the molecule is COCCOCCCNCc1ccc(Cl)c2cccnc12. The van der Waals surface area contributed by atoms with Crippen molar-refractivity contribution in [1.82, 2.24) is 10.3 Å². The number of nitrogens with zero attached hydrogens (tertiary/aromatic N) is 1. The number of ether oxygens (including phenoxy) is 2. The van der Waals surface area contributed by atoms with Gasteiger partial charge in [-0.05, 0) is 36.7 Å². The van der Waals surface area contributed by atoms with Crippen LogP contribution in [0.1, 0.15) is 12.0 Å². The quantitative estimate of drug-likeness (QED) is 0.723. The Morgan fingerprint density at radius 1 is 1.19 bits per heavy atom. The summed E-state index contributed by atoms with van der Waals surface area (Å²) in [6, 6.07) is 7.86. The van der Waals surface area contributed by atoms with Crippen LogP contribution in [0.4, 0.5) is 0 Å². The van der Waals surface area contributed by atoms with Crippen molar-refractivity contribution in [3.63, 3.8) is 0 Å². The molecule has 0 unspecified atom stereocenters. The molecule has 1 aromatic heterocycles. The number of halogens is 1. The number of hydrogen-bond acceptors (Lipinski definition) is 4. The first-order chi connectivity index (χ1) is 10.3. The third kappa shape index (κ3) is 4.93. The molecule has 2 aromatic rings. The van der Waals surface area contributed by atoms with Crippen molar-refractivity contribution in [3.8, 4) is 0 Å². The minimum absolute atomic E-state index is 0.649. The summed E-state index contributed by atoms with van der Waals surface area (Å²) in [7, 11) is 1.68. The molecule has 2 rings (SSSR count). The predicted molar refractivity (Wildman–Crippen MR) is 85.8 cm³/mol. The van der Waals surface area contributed by atoms with Gasteiger partial charge in [0.15, 0.2) is 0 Å². The Bertz CT molecular complexity index is 563. The van der Waals surface area contributed by atoms with Gasteiger partial charge in [-0.2, -0.15) is 0 Å². The fraction of sp³-hybridized carbons (Fsp3) is 0.438. The minimum Gasteiger partial charge on any atom is -0.382 e. The Balaban J connectivity index is 1.78. The second-order valence-corrected chi connectivity index (χ2v) is 5.15. The summed E-state index contributed by atoms with van der Waals surface area (Å²) >= 11 is 6.19. The molecule has 1 N–H and O–H groups in total. The van der Waals surface area contributed by atoms with Crippen LogP contribution in [0.2, 0.25) is 5.02 Å². The van der Waals surface area contributed by atoms with Crippen LogP contribution in [0.25, 0.3) is 10.9 Å². The standard InChI is InChI=1S/C16H21ClN2O2/c1-20-10-11-21-9-3-7-18-12-13-5-6-15(17)14-4-2-8-19-16(13)14/h2,4-6,8,18H,3,7,9-12H2,1H3. The van der Waals surface area contributed by atoms with Crippen LogP contribution < -0.4 is 5.32 Å². The lowest BCUT2D eigenvalue weighted by atomic mass is 10.1. The Morgan fingerprint density at radius 3 is 2.95 bits per heavy atom. The molecular weight excluding hydrogens is 288 g/mol. The van der Waals surface area contributed by atoms with E-state index in [1.54, 1.807) is 13.3 Å². The average Bonchev–Trinajstić information content (AvgIpc) is 2.52. The average molecular weight is 309 g/mol. The largest absolute Gasteiger partial charge is 0.382 e. The van der Waals surface area contributed by atoms with Crippen molar-refractivity contribution in [2.24, 2.45) is 0 Å². The second-order valence-electron chi connectivity index (χ2n) is 4.74. The lowest BCUT2D eigenvalue weighted by Gasteiger charge is -2.09. The van der Waals surface area contributed by atoms with Gasteiger partial charge in [0.1, 0.15) is 0 Å². The Labute approximate surface area is 130 Å². The molecule has 114 valence electrons. The summed E-state index contributed by atoms with van der Waals surface area (Å²) in [4.78, 5) is 4.43. The summed E-state index contributed by atoms with van der Waals surface area (Å²) in [5.74, 6) is 0. The zero-order chi connectivity index (χ0) is 14.9. The van der Waals surface area contributed by atoms with Gasteiger partial charge in [0.2, 0.25) is 0 Å². The Hall–Kier alpha value is -1.20. The van der Waals surface area contributed by atoms with E-state index in [0.29, 0.717) is 13.2 Å². The van der Waals surface area contributed by atoms with E-state index >= 15 is 0 Å². The van der Waals surface area contributed by atoms with Crippen LogP contribution in [0.3, 0.4) is 0 Å². The number of fused-ring (bicyclic) bond motifs is 1. The lowest BCUT2D eigenvalue weighted by Crippen LogP contribution is -2.17. The topological polar surface area (TPSA) is 43.4 Å². The maximum atomic E-state index is 6.19. The van der Waals surface area contributed by atoms with E-state index in [1.165, 1.54) is 0 Å². The number of aromatic nitrogens is 1. The van der Waals surface area contributed by atoms with E-state index in [9.17, 15) is 0 Å². The van der Waals surface area contributed by atoms with Crippen molar-refractivity contribution in [3.05, 3.63) is 41.0 Å². The highest BCUT2D eigenvalue weighted by molar-refractivity contribution is 6.35. The summed E-state index contributed by atoms with van der Waals surface area (Å²) in [6.07, 6.45) is 2.77. The molecule has 0 radical (unpaired) electrons. The van der Waals surface area contributed by atoms with Crippen molar-refractivity contribution in [2.75, 3.05) is 33.5 Å². The molecule has 21 heavy (non-hydrogen) atoms. The second kappa shape index (κ2) is 8.95. The third-order valence-corrected chi connectivity index (χ3v) is 3.52. The van der Waals surface area contributed by atoms with Crippen LogP contribution in [0, 0.1) is 0 Å². The molecule has 1 heterocycles.